The molecule has 5 heteroatoms. The number of hydrogen-bond acceptors (Lipinski definition) is 2. The Balaban J connectivity index is 2.20. The smallest absolute Gasteiger partial charge is 0.315 e. The minimum absolute atomic E-state index is 0.0592. The normalized spacial score (nSPS) is 17.4. The molecular weight excluding hydrogens is 196 g/mol. The summed E-state index contributed by atoms with van der Waals surface area (Å²) in [5, 5.41) is 13.9. The third kappa shape index (κ3) is 4.49. The van der Waals surface area contributed by atoms with Crippen molar-refractivity contribution in [2.45, 2.75) is 38.3 Å². The standard InChI is InChI=1S/C10H16N2O3/c1-7(6-9(13)14)11-10(15)12-8-4-2-3-5-8/h2-3,7-8H,4-6H2,1H3,(H,13,14)(H2,11,12,15). The molecule has 0 bridgehead atoms. The van der Waals surface area contributed by atoms with Crippen molar-refractivity contribution in [3.63, 3.8) is 0 Å². The van der Waals surface area contributed by atoms with Crippen LogP contribution in [0, 0.1) is 0 Å². The van der Waals surface area contributed by atoms with E-state index in [0.29, 0.717) is 0 Å². The van der Waals surface area contributed by atoms with Crippen molar-refractivity contribution in [3.8, 4) is 0 Å². The summed E-state index contributed by atoms with van der Waals surface area (Å²) in [4.78, 5) is 21.7. The molecule has 0 heterocycles. The van der Waals surface area contributed by atoms with Gasteiger partial charge in [-0.3, -0.25) is 4.79 Å². The molecule has 84 valence electrons. The molecule has 0 fully saturated rings. The first-order chi connectivity index (χ1) is 7.08. The Hall–Kier alpha value is -1.52. The quantitative estimate of drug-likeness (QED) is 0.605. The number of carboxylic acid groups (broad SMARTS) is 1. The maximum absolute atomic E-state index is 11.3. The highest BCUT2D eigenvalue weighted by atomic mass is 16.4. The summed E-state index contributed by atoms with van der Waals surface area (Å²) in [6.07, 6.45) is 5.68. The van der Waals surface area contributed by atoms with Gasteiger partial charge in [0, 0.05) is 12.1 Å². The first kappa shape index (κ1) is 11.6. The molecule has 2 amide bonds. The zero-order valence-electron chi connectivity index (χ0n) is 8.69. The van der Waals surface area contributed by atoms with E-state index in [4.69, 9.17) is 5.11 Å². The van der Waals surface area contributed by atoms with Gasteiger partial charge >= 0.3 is 12.0 Å². The van der Waals surface area contributed by atoms with Gasteiger partial charge in [0.25, 0.3) is 0 Å². The Bertz CT molecular complexity index is 268. The molecule has 1 atom stereocenters. The molecule has 0 aliphatic heterocycles. The van der Waals surface area contributed by atoms with Gasteiger partial charge in [-0.1, -0.05) is 12.2 Å². The van der Waals surface area contributed by atoms with Crippen LogP contribution >= 0.6 is 0 Å². The van der Waals surface area contributed by atoms with Crippen LogP contribution in [0.2, 0.25) is 0 Å². The third-order valence-corrected chi connectivity index (χ3v) is 2.20. The van der Waals surface area contributed by atoms with Gasteiger partial charge in [0.2, 0.25) is 0 Å². The van der Waals surface area contributed by atoms with Crippen LogP contribution in [0.5, 0.6) is 0 Å². The van der Waals surface area contributed by atoms with Crippen LogP contribution in [0.3, 0.4) is 0 Å². The van der Waals surface area contributed by atoms with E-state index in [1.807, 2.05) is 12.2 Å². The lowest BCUT2D eigenvalue weighted by Crippen LogP contribution is -2.45. The fourth-order valence-electron chi connectivity index (χ4n) is 1.50. The lowest BCUT2D eigenvalue weighted by molar-refractivity contribution is -0.137. The number of aliphatic carboxylic acids is 1. The van der Waals surface area contributed by atoms with E-state index in [0.717, 1.165) is 12.8 Å². The predicted molar refractivity (Wildman–Crippen MR) is 55.5 cm³/mol. The Morgan fingerprint density at radius 3 is 2.60 bits per heavy atom. The van der Waals surface area contributed by atoms with E-state index in [1.165, 1.54) is 0 Å². The molecule has 15 heavy (non-hydrogen) atoms. The van der Waals surface area contributed by atoms with Gasteiger partial charge in [0.05, 0.1) is 6.42 Å². The topological polar surface area (TPSA) is 78.4 Å². The van der Waals surface area contributed by atoms with Gasteiger partial charge < -0.3 is 15.7 Å². The van der Waals surface area contributed by atoms with E-state index >= 15 is 0 Å². The molecule has 1 aliphatic carbocycles. The average Bonchev–Trinajstić information content (AvgIpc) is 2.53. The van der Waals surface area contributed by atoms with Crippen LogP contribution in [0.25, 0.3) is 0 Å². The number of carbonyl (C=O) groups excluding carboxylic acids is 1. The van der Waals surface area contributed by atoms with E-state index in [-0.39, 0.29) is 24.5 Å². The molecule has 0 spiro atoms. The summed E-state index contributed by atoms with van der Waals surface area (Å²) >= 11 is 0. The van der Waals surface area contributed by atoms with Gasteiger partial charge in [-0.25, -0.2) is 4.79 Å². The van der Waals surface area contributed by atoms with E-state index in [9.17, 15) is 9.59 Å². The van der Waals surface area contributed by atoms with Crippen LogP contribution < -0.4 is 10.6 Å². The number of nitrogens with one attached hydrogen (secondary N) is 2. The zero-order valence-corrected chi connectivity index (χ0v) is 8.69. The van der Waals surface area contributed by atoms with Crippen molar-refractivity contribution < 1.29 is 14.7 Å². The molecule has 3 N–H and O–H groups in total. The average molecular weight is 212 g/mol. The van der Waals surface area contributed by atoms with Gasteiger partial charge in [-0.15, -0.1) is 0 Å². The number of carbonyl (C=O) groups is 2. The van der Waals surface area contributed by atoms with Crippen molar-refractivity contribution in [1.29, 1.82) is 0 Å². The van der Waals surface area contributed by atoms with Crippen LogP contribution in [-0.2, 0) is 4.79 Å². The van der Waals surface area contributed by atoms with Crippen LogP contribution in [-0.4, -0.2) is 29.2 Å². The molecule has 0 aromatic rings. The monoisotopic (exact) mass is 212 g/mol. The Morgan fingerprint density at radius 2 is 2.07 bits per heavy atom. The summed E-state index contributed by atoms with van der Waals surface area (Å²) < 4.78 is 0. The van der Waals surface area contributed by atoms with Gasteiger partial charge in [-0.05, 0) is 19.8 Å². The lowest BCUT2D eigenvalue weighted by atomic mass is 10.2. The molecule has 0 aromatic heterocycles. The van der Waals surface area contributed by atoms with Gasteiger partial charge in [0.15, 0.2) is 0 Å². The van der Waals surface area contributed by atoms with Crippen LogP contribution in [0.15, 0.2) is 12.2 Å². The number of carboxylic acids is 1. The number of hydrogen-bond donors (Lipinski definition) is 3. The van der Waals surface area contributed by atoms with E-state index < -0.39 is 5.97 Å². The highest BCUT2D eigenvalue weighted by Gasteiger charge is 2.15. The fraction of sp³-hybridized carbons (Fsp3) is 0.600. The van der Waals surface area contributed by atoms with Gasteiger partial charge in [0.1, 0.15) is 0 Å². The lowest BCUT2D eigenvalue weighted by Gasteiger charge is -2.16. The highest BCUT2D eigenvalue weighted by Crippen LogP contribution is 2.08. The molecule has 1 unspecified atom stereocenters. The molecule has 0 saturated heterocycles. The first-order valence-corrected chi connectivity index (χ1v) is 5.01. The fourth-order valence-corrected chi connectivity index (χ4v) is 1.50. The summed E-state index contributed by atoms with van der Waals surface area (Å²) in [5.74, 6) is -0.912. The minimum atomic E-state index is -0.912. The van der Waals surface area contributed by atoms with Gasteiger partial charge in [-0.2, -0.15) is 0 Å². The third-order valence-electron chi connectivity index (χ3n) is 2.20. The van der Waals surface area contributed by atoms with Crippen molar-refractivity contribution in [3.05, 3.63) is 12.2 Å². The van der Waals surface area contributed by atoms with Crippen molar-refractivity contribution in [2.24, 2.45) is 0 Å². The molecule has 1 aliphatic rings. The molecular formula is C10H16N2O3. The predicted octanol–water partition coefficient (Wildman–Crippen LogP) is 0.867. The molecule has 0 aromatic carbocycles. The van der Waals surface area contributed by atoms with Crippen molar-refractivity contribution >= 4 is 12.0 Å². The SMILES string of the molecule is CC(CC(=O)O)NC(=O)NC1CC=CC1. The largest absolute Gasteiger partial charge is 0.481 e. The Morgan fingerprint density at radius 1 is 1.47 bits per heavy atom. The minimum Gasteiger partial charge on any atom is -0.481 e. The number of rotatable bonds is 4. The second-order valence-corrected chi connectivity index (χ2v) is 3.76. The Labute approximate surface area is 88.5 Å². The first-order valence-electron chi connectivity index (χ1n) is 5.01. The van der Waals surface area contributed by atoms with Crippen LogP contribution in [0.1, 0.15) is 26.2 Å². The summed E-state index contributed by atoms with van der Waals surface area (Å²) in [7, 11) is 0. The highest BCUT2D eigenvalue weighted by molar-refractivity contribution is 5.76. The molecule has 1 rings (SSSR count). The van der Waals surface area contributed by atoms with Crippen molar-refractivity contribution in [1.82, 2.24) is 10.6 Å². The van der Waals surface area contributed by atoms with Crippen molar-refractivity contribution in [2.75, 3.05) is 0 Å². The Kier molecular flexibility index (Phi) is 4.15. The molecule has 0 radical (unpaired) electrons. The van der Waals surface area contributed by atoms with Crippen LogP contribution in [0.4, 0.5) is 4.79 Å². The number of urea groups is 1. The van der Waals surface area contributed by atoms with E-state index in [1.54, 1.807) is 6.92 Å². The number of amides is 2. The van der Waals surface area contributed by atoms with E-state index in [2.05, 4.69) is 10.6 Å². The molecule has 0 saturated carbocycles. The second-order valence-electron chi connectivity index (χ2n) is 3.76. The second kappa shape index (κ2) is 5.38. The maximum Gasteiger partial charge on any atom is 0.315 e. The summed E-state index contributed by atoms with van der Waals surface area (Å²) in [5.41, 5.74) is 0. The molecule has 5 nitrogen and oxygen atoms in total. The summed E-state index contributed by atoms with van der Waals surface area (Å²) in [6, 6.07) is -0.489. The zero-order chi connectivity index (χ0) is 11.3. The summed E-state index contributed by atoms with van der Waals surface area (Å²) in [6.45, 7) is 1.67. The maximum atomic E-state index is 11.3.